The van der Waals surface area contributed by atoms with E-state index in [2.05, 4.69) is 0 Å². The molecule has 0 aromatic heterocycles. The molecule has 17 heavy (non-hydrogen) atoms. The minimum atomic E-state index is -0.631. The van der Waals surface area contributed by atoms with Gasteiger partial charge in [-0.1, -0.05) is 19.9 Å². The number of hydrogen-bond donors (Lipinski definition) is 1. The molecule has 0 atom stereocenters. The van der Waals surface area contributed by atoms with Crippen molar-refractivity contribution in [1.82, 2.24) is 0 Å². The molecule has 1 aliphatic heterocycles. The number of carbonyl (C=O) groups excluding carboxylic acids is 2. The van der Waals surface area contributed by atoms with Crippen molar-refractivity contribution >= 4 is 23.2 Å². The summed E-state index contributed by atoms with van der Waals surface area (Å²) in [6, 6.07) is 5.33. The first-order chi connectivity index (χ1) is 7.83. The summed E-state index contributed by atoms with van der Waals surface area (Å²) in [5.74, 6) is -0.367. The molecule has 1 heterocycles. The second-order valence-electron chi connectivity index (χ2n) is 5.16. The van der Waals surface area contributed by atoms with Gasteiger partial charge in [-0.2, -0.15) is 0 Å². The van der Waals surface area contributed by atoms with Gasteiger partial charge < -0.3 is 5.73 Å². The van der Waals surface area contributed by atoms with Crippen molar-refractivity contribution in [1.29, 1.82) is 0 Å². The lowest BCUT2D eigenvalue weighted by molar-refractivity contribution is -0.124. The van der Waals surface area contributed by atoms with Crippen LogP contribution in [0.25, 0.3) is 0 Å². The number of nitrogens with zero attached hydrogens (tertiary/aromatic N) is 1. The van der Waals surface area contributed by atoms with Crippen molar-refractivity contribution in [3.63, 3.8) is 0 Å². The third-order valence-electron chi connectivity index (χ3n) is 3.05. The van der Waals surface area contributed by atoms with Crippen LogP contribution in [0.3, 0.4) is 0 Å². The van der Waals surface area contributed by atoms with Crippen molar-refractivity contribution in [2.75, 3.05) is 10.6 Å². The Morgan fingerprint density at radius 1 is 1.29 bits per heavy atom. The summed E-state index contributed by atoms with van der Waals surface area (Å²) in [5.41, 5.74) is 7.20. The Labute approximate surface area is 100 Å². The number of amides is 2. The Morgan fingerprint density at radius 3 is 2.41 bits per heavy atom. The normalized spacial score (nSPS) is 18.9. The maximum atomic E-state index is 12.1. The molecule has 4 heteroatoms. The Hall–Kier alpha value is -1.84. The molecule has 0 aliphatic carbocycles. The molecule has 2 rings (SSSR count). The molecule has 2 amide bonds. The lowest BCUT2D eigenvalue weighted by Gasteiger charge is -2.19. The topological polar surface area (TPSA) is 63.4 Å². The van der Waals surface area contributed by atoms with Crippen molar-refractivity contribution in [3.05, 3.63) is 23.8 Å². The summed E-state index contributed by atoms with van der Waals surface area (Å²) in [6.45, 7) is 5.47. The zero-order valence-corrected chi connectivity index (χ0v) is 10.3. The number of aryl methyl sites for hydroxylation is 1. The van der Waals surface area contributed by atoms with Crippen LogP contribution in [-0.4, -0.2) is 11.8 Å². The van der Waals surface area contributed by atoms with E-state index in [1.165, 1.54) is 4.90 Å². The first kappa shape index (κ1) is 11.6. The summed E-state index contributed by atoms with van der Waals surface area (Å²) in [6.07, 6.45) is 0.235. The van der Waals surface area contributed by atoms with Crippen LogP contribution in [0.15, 0.2) is 18.2 Å². The smallest absolute Gasteiger partial charge is 0.240 e. The number of carbonyl (C=O) groups is 2. The molecule has 1 fully saturated rings. The van der Waals surface area contributed by atoms with Gasteiger partial charge in [0.2, 0.25) is 11.8 Å². The van der Waals surface area contributed by atoms with Crippen LogP contribution in [0.1, 0.15) is 25.8 Å². The van der Waals surface area contributed by atoms with Gasteiger partial charge in [0, 0.05) is 6.42 Å². The van der Waals surface area contributed by atoms with Gasteiger partial charge in [0.1, 0.15) is 0 Å². The van der Waals surface area contributed by atoms with E-state index in [0.717, 1.165) is 5.56 Å². The van der Waals surface area contributed by atoms with E-state index in [0.29, 0.717) is 11.4 Å². The van der Waals surface area contributed by atoms with Crippen LogP contribution < -0.4 is 10.6 Å². The van der Waals surface area contributed by atoms with Gasteiger partial charge >= 0.3 is 0 Å². The van der Waals surface area contributed by atoms with Gasteiger partial charge in [-0.25, -0.2) is 4.90 Å². The predicted molar refractivity (Wildman–Crippen MR) is 66.5 cm³/mol. The maximum Gasteiger partial charge on any atom is 0.240 e. The van der Waals surface area contributed by atoms with Gasteiger partial charge in [-0.15, -0.1) is 0 Å². The lowest BCUT2D eigenvalue weighted by Crippen LogP contribution is -2.33. The molecule has 1 saturated heterocycles. The maximum absolute atomic E-state index is 12.1. The number of hydrogen-bond acceptors (Lipinski definition) is 3. The molecule has 1 aliphatic rings. The third-order valence-corrected chi connectivity index (χ3v) is 3.05. The SMILES string of the molecule is Cc1ccc(N2C(=O)CC(C)(C)C2=O)c(N)c1. The van der Waals surface area contributed by atoms with Crippen LogP contribution in [0.5, 0.6) is 0 Å². The summed E-state index contributed by atoms with van der Waals surface area (Å²) in [4.78, 5) is 25.2. The quantitative estimate of drug-likeness (QED) is 0.594. The van der Waals surface area contributed by atoms with E-state index in [4.69, 9.17) is 5.73 Å². The minimum Gasteiger partial charge on any atom is -0.397 e. The number of benzene rings is 1. The van der Waals surface area contributed by atoms with E-state index in [9.17, 15) is 9.59 Å². The van der Waals surface area contributed by atoms with Crippen LogP contribution >= 0.6 is 0 Å². The van der Waals surface area contributed by atoms with Crippen LogP contribution in [-0.2, 0) is 9.59 Å². The predicted octanol–water partition coefficient (Wildman–Crippen LogP) is 1.87. The molecule has 0 saturated carbocycles. The average molecular weight is 232 g/mol. The van der Waals surface area contributed by atoms with Crippen molar-refractivity contribution < 1.29 is 9.59 Å². The highest BCUT2D eigenvalue weighted by molar-refractivity contribution is 6.23. The Balaban J connectivity index is 2.48. The molecular formula is C13H16N2O2. The van der Waals surface area contributed by atoms with Gasteiger partial charge in [-0.05, 0) is 24.6 Å². The zero-order chi connectivity index (χ0) is 12.8. The van der Waals surface area contributed by atoms with Crippen LogP contribution in [0.4, 0.5) is 11.4 Å². The molecule has 1 aromatic carbocycles. The largest absolute Gasteiger partial charge is 0.397 e. The Bertz CT molecular complexity index is 506. The Morgan fingerprint density at radius 2 is 1.94 bits per heavy atom. The number of rotatable bonds is 1. The molecule has 2 N–H and O–H groups in total. The highest BCUT2D eigenvalue weighted by Crippen LogP contribution is 2.37. The second-order valence-corrected chi connectivity index (χ2v) is 5.16. The zero-order valence-electron chi connectivity index (χ0n) is 10.3. The first-order valence-corrected chi connectivity index (χ1v) is 5.56. The van der Waals surface area contributed by atoms with E-state index in [1.807, 2.05) is 13.0 Å². The molecular weight excluding hydrogens is 216 g/mol. The molecule has 0 radical (unpaired) electrons. The molecule has 4 nitrogen and oxygen atoms in total. The fraction of sp³-hybridized carbons (Fsp3) is 0.385. The molecule has 0 bridgehead atoms. The lowest BCUT2D eigenvalue weighted by atomic mass is 9.92. The summed E-state index contributed by atoms with van der Waals surface area (Å²) < 4.78 is 0. The second kappa shape index (κ2) is 3.58. The number of anilines is 2. The third kappa shape index (κ3) is 1.79. The van der Waals surface area contributed by atoms with E-state index < -0.39 is 5.41 Å². The Kier molecular flexibility index (Phi) is 2.45. The molecule has 90 valence electrons. The van der Waals surface area contributed by atoms with E-state index in [1.54, 1.807) is 26.0 Å². The van der Waals surface area contributed by atoms with Crippen LogP contribution in [0, 0.1) is 12.3 Å². The summed E-state index contributed by atoms with van der Waals surface area (Å²) in [5, 5.41) is 0. The highest BCUT2D eigenvalue weighted by atomic mass is 16.2. The van der Waals surface area contributed by atoms with Crippen molar-refractivity contribution in [3.8, 4) is 0 Å². The average Bonchev–Trinajstić information content (AvgIpc) is 2.39. The van der Waals surface area contributed by atoms with Crippen molar-refractivity contribution in [2.24, 2.45) is 5.41 Å². The monoisotopic (exact) mass is 232 g/mol. The molecule has 0 spiro atoms. The number of nitrogen functional groups attached to an aromatic ring is 1. The molecule has 0 unspecified atom stereocenters. The van der Waals surface area contributed by atoms with Crippen LogP contribution in [0.2, 0.25) is 0 Å². The van der Waals surface area contributed by atoms with Gasteiger partial charge in [0.25, 0.3) is 0 Å². The summed E-state index contributed by atoms with van der Waals surface area (Å²) >= 11 is 0. The fourth-order valence-electron chi connectivity index (χ4n) is 2.07. The summed E-state index contributed by atoms with van der Waals surface area (Å²) in [7, 11) is 0. The number of nitrogens with two attached hydrogens (primary N) is 1. The number of imide groups is 1. The molecule has 1 aromatic rings. The highest BCUT2D eigenvalue weighted by Gasteiger charge is 2.45. The fourth-order valence-corrected chi connectivity index (χ4v) is 2.07. The standard InChI is InChI=1S/C13H16N2O2/c1-8-4-5-10(9(14)6-8)15-11(16)7-13(2,3)12(15)17/h4-6H,7,14H2,1-3H3. The minimum absolute atomic E-state index is 0.182. The van der Waals surface area contributed by atoms with Gasteiger partial charge in [0.15, 0.2) is 0 Å². The van der Waals surface area contributed by atoms with Gasteiger partial charge in [0.05, 0.1) is 16.8 Å². The van der Waals surface area contributed by atoms with E-state index in [-0.39, 0.29) is 18.2 Å². The first-order valence-electron chi connectivity index (χ1n) is 5.56. The van der Waals surface area contributed by atoms with Gasteiger partial charge in [-0.3, -0.25) is 9.59 Å². The van der Waals surface area contributed by atoms with Crippen molar-refractivity contribution in [2.45, 2.75) is 27.2 Å². The van der Waals surface area contributed by atoms with E-state index >= 15 is 0 Å².